The maximum Gasteiger partial charge on any atom is 0.416 e. The molecule has 0 spiro atoms. The third kappa shape index (κ3) is 4.31. The first-order chi connectivity index (χ1) is 13.7. The van der Waals surface area contributed by atoms with Gasteiger partial charge >= 0.3 is 12.1 Å². The quantitative estimate of drug-likeness (QED) is 0.501. The van der Waals surface area contributed by atoms with Crippen molar-refractivity contribution in [2.45, 2.75) is 12.7 Å². The summed E-state index contributed by atoms with van der Waals surface area (Å²) in [6.45, 7) is 3.50. The van der Waals surface area contributed by atoms with Gasteiger partial charge in [-0.2, -0.15) is 13.2 Å². The molecule has 0 aliphatic rings. The van der Waals surface area contributed by atoms with E-state index in [2.05, 4.69) is 11.9 Å². The van der Waals surface area contributed by atoms with Gasteiger partial charge in [0.2, 0.25) is 5.91 Å². The normalized spacial score (nSPS) is 11.3. The van der Waals surface area contributed by atoms with Gasteiger partial charge in [0.15, 0.2) is 0 Å². The maximum atomic E-state index is 13.0. The van der Waals surface area contributed by atoms with Gasteiger partial charge in [-0.1, -0.05) is 18.7 Å². The zero-order valence-corrected chi connectivity index (χ0v) is 15.4. The largest absolute Gasteiger partial charge is 0.465 e. The fourth-order valence-electron chi connectivity index (χ4n) is 3.01. The average molecular weight is 402 g/mol. The molecule has 0 unspecified atom stereocenters. The third-order valence-corrected chi connectivity index (χ3v) is 4.35. The molecule has 0 atom stereocenters. The molecule has 29 heavy (non-hydrogen) atoms. The van der Waals surface area contributed by atoms with Crippen LogP contribution in [0.5, 0.6) is 0 Å². The van der Waals surface area contributed by atoms with Crippen molar-refractivity contribution in [3.05, 3.63) is 78.0 Å². The average Bonchev–Trinajstić information content (AvgIpc) is 3.04. The van der Waals surface area contributed by atoms with E-state index in [9.17, 15) is 22.8 Å². The highest BCUT2D eigenvalue weighted by Crippen LogP contribution is 2.31. The Morgan fingerprint density at radius 2 is 1.97 bits per heavy atom. The fraction of sp³-hybridized carbons (Fsp3) is 0.143. The van der Waals surface area contributed by atoms with Crippen LogP contribution in [-0.2, 0) is 22.3 Å². The Kier molecular flexibility index (Phi) is 5.45. The van der Waals surface area contributed by atoms with Crippen molar-refractivity contribution < 1.29 is 27.5 Å². The van der Waals surface area contributed by atoms with E-state index in [1.165, 1.54) is 19.4 Å². The van der Waals surface area contributed by atoms with Crippen LogP contribution in [0.3, 0.4) is 0 Å². The molecule has 3 aromatic rings. The molecule has 0 bridgehead atoms. The summed E-state index contributed by atoms with van der Waals surface area (Å²) >= 11 is 0. The first kappa shape index (κ1) is 20.2. The van der Waals surface area contributed by atoms with Crippen molar-refractivity contribution in [3.8, 4) is 0 Å². The number of esters is 1. The van der Waals surface area contributed by atoms with Gasteiger partial charge in [0.05, 0.1) is 18.2 Å². The number of carbonyl (C=O) groups is 2. The van der Waals surface area contributed by atoms with Crippen LogP contribution in [0.15, 0.2) is 61.3 Å². The van der Waals surface area contributed by atoms with Crippen LogP contribution >= 0.6 is 0 Å². The SMILES string of the molecule is C=CC(=O)Nc1ccc2c(c1)c(C(=O)OC)cn2Cc1cccc(C(F)(F)F)c1. The summed E-state index contributed by atoms with van der Waals surface area (Å²) in [4.78, 5) is 23.7. The minimum atomic E-state index is -4.44. The molecule has 0 fully saturated rings. The molecule has 2 aromatic carbocycles. The number of carbonyl (C=O) groups excluding carboxylic acids is 2. The second kappa shape index (κ2) is 7.83. The highest BCUT2D eigenvalue weighted by molar-refractivity contribution is 6.07. The molecule has 1 heterocycles. The van der Waals surface area contributed by atoms with E-state index in [-0.39, 0.29) is 12.1 Å². The number of ether oxygens (including phenoxy) is 1. The van der Waals surface area contributed by atoms with Crippen molar-refractivity contribution in [2.24, 2.45) is 0 Å². The summed E-state index contributed by atoms with van der Waals surface area (Å²) in [7, 11) is 1.24. The van der Waals surface area contributed by atoms with E-state index >= 15 is 0 Å². The number of aromatic nitrogens is 1. The number of fused-ring (bicyclic) bond motifs is 1. The lowest BCUT2D eigenvalue weighted by Gasteiger charge is -2.10. The number of methoxy groups -OCH3 is 1. The predicted octanol–water partition coefficient (Wildman–Crippen LogP) is 4.62. The topological polar surface area (TPSA) is 60.3 Å². The fourth-order valence-corrected chi connectivity index (χ4v) is 3.01. The lowest BCUT2D eigenvalue weighted by molar-refractivity contribution is -0.137. The lowest BCUT2D eigenvalue weighted by Crippen LogP contribution is -2.07. The molecule has 3 rings (SSSR count). The van der Waals surface area contributed by atoms with Crippen molar-refractivity contribution >= 4 is 28.5 Å². The first-order valence-corrected chi connectivity index (χ1v) is 8.53. The van der Waals surface area contributed by atoms with Gasteiger partial charge in [-0.25, -0.2) is 4.79 Å². The molecular weight excluding hydrogens is 385 g/mol. The van der Waals surface area contributed by atoms with Gasteiger partial charge in [0, 0.05) is 29.3 Å². The van der Waals surface area contributed by atoms with E-state index in [0.717, 1.165) is 18.2 Å². The summed E-state index contributed by atoms with van der Waals surface area (Å²) < 4.78 is 45.4. The molecule has 1 aromatic heterocycles. The summed E-state index contributed by atoms with van der Waals surface area (Å²) in [5.41, 5.74) is 0.985. The van der Waals surface area contributed by atoms with Crippen LogP contribution in [0.2, 0.25) is 0 Å². The smallest absolute Gasteiger partial charge is 0.416 e. The molecule has 0 aliphatic heterocycles. The molecule has 0 saturated carbocycles. The molecule has 150 valence electrons. The monoisotopic (exact) mass is 402 g/mol. The van der Waals surface area contributed by atoms with Gasteiger partial charge in [-0.05, 0) is 42.0 Å². The van der Waals surface area contributed by atoms with Crippen molar-refractivity contribution in [2.75, 3.05) is 12.4 Å². The van der Waals surface area contributed by atoms with Gasteiger partial charge in [0.1, 0.15) is 0 Å². The summed E-state index contributed by atoms with van der Waals surface area (Å²) in [6, 6.07) is 9.91. The Morgan fingerprint density at radius 3 is 2.62 bits per heavy atom. The summed E-state index contributed by atoms with van der Waals surface area (Å²) in [6.07, 6.45) is -1.80. The molecule has 8 heteroatoms. The number of amides is 1. The Morgan fingerprint density at radius 1 is 1.21 bits per heavy atom. The highest BCUT2D eigenvalue weighted by atomic mass is 19.4. The van der Waals surface area contributed by atoms with Crippen LogP contribution in [0, 0.1) is 0 Å². The van der Waals surface area contributed by atoms with Crippen LogP contribution in [0.4, 0.5) is 18.9 Å². The van der Waals surface area contributed by atoms with Gasteiger partial charge in [-0.3, -0.25) is 4.79 Å². The Labute approximate surface area is 164 Å². The molecule has 0 saturated heterocycles. The minimum absolute atomic E-state index is 0.121. The minimum Gasteiger partial charge on any atom is -0.465 e. The summed E-state index contributed by atoms with van der Waals surface area (Å²) in [5, 5.41) is 3.11. The number of halogens is 3. The second-order valence-corrected chi connectivity index (χ2v) is 6.29. The van der Waals surface area contributed by atoms with Crippen LogP contribution in [-0.4, -0.2) is 23.6 Å². The van der Waals surface area contributed by atoms with E-state index in [4.69, 9.17) is 4.74 Å². The molecule has 1 amide bonds. The number of rotatable bonds is 5. The van der Waals surface area contributed by atoms with Gasteiger partial charge < -0.3 is 14.6 Å². The van der Waals surface area contributed by atoms with Crippen LogP contribution in [0.25, 0.3) is 10.9 Å². The predicted molar refractivity (Wildman–Crippen MR) is 103 cm³/mol. The number of anilines is 1. The van der Waals surface area contributed by atoms with Crippen LogP contribution in [0.1, 0.15) is 21.5 Å². The van der Waals surface area contributed by atoms with E-state index < -0.39 is 23.6 Å². The number of nitrogens with one attached hydrogen (secondary N) is 1. The van der Waals surface area contributed by atoms with Crippen molar-refractivity contribution in [3.63, 3.8) is 0 Å². The number of hydrogen-bond donors (Lipinski definition) is 1. The number of nitrogens with zero attached hydrogens (tertiary/aromatic N) is 1. The van der Waals surface area contributed by atoms with E-state index in [1.807, 2.05) is 0 Å². The molecular formula is C21H17F3N2O3. The van der Waals surface area contributed by atoms with Crippen molar-refractivity contribution in [1.29, 1.82) is 0 Å². The second-order valence-electron chi connectivity index (χ2n) is 6.29. The Balaban J connectivity index is 2.05. The first-order valence-electron chi connectivity index (χ1n) is 8.53. The Hall–Kier alpha value is -3.55. The van der Waals surface area contributed by atoms with Gasteiger partial charge in [0.25, 0.3) is 0 Å². The molecule has 1 N–H and O–H groups in total. The molecule has 5 nitrogen and oxygen atoms in total. The van der Waals surface area contributed by atoms with E-state index in [0.29, 0.717) is 22.2 Å². The molecule has 0 radical (unpaired) electrons. The standard InChI is InChI=1S/C21H17F3N2O3/c1-3-19(27)25-15-7-8-18-16(10-15)17(20(28)29-2)12-26(18)11-13-5-4-6-14(9-13)21(22,23)24/h3-10,12H,1,11H2,2H3,(H,25,27). The third-order valence-electron chi connectivity index (χ3n) is 4.35. The zero-order chi connectivity index (χ0) is 21.2. The van der Waals surface area contributed by atoms with Crippen LogP contribution < -0.4 is 5.32 Å². The summed E-state index contributed by atoms with van der Waals surface area (Å²) in [5.74, 6) is -1.00. The Bertz CT molecular complexity index is 1100. The number of hydrogen-bond acceptors (Lipinski definition) is 3. The van der Waals surface area contributed by atoms with E-state index in [1.54, 1.807) is 28.8 Å². The number of alkyl halides is 3. The zero-order valence-electron chi connectivity index (χ0n) is 15.4. The van der Waals surface area contributed by atoms with Crippen molar-refractivity contribution in [1.82, 2.24) is 4.57 Å². The lowest BCUT2D eigenvalue weighted by atomic mass is 10.1. The maximum absolute atomic E-state index is 13.0. The molecule has 0 aliphatic carbocycles. The van der Waals surface area contributed by atoms with Gasteiger partial charge in [-0.15, -0.1) is 0 Å². The highest BCUT2D eigenvalue weighted by Gasteiger charge is 2.30. The number of benzene rings is 2.